The summed E-state index contributed by atoms with van der Waals surface area (Å²) in [6.45, 7) is 3.70. The van der Waals surface area contributed by atoms with Gasteiger partial charge in [-0.05, 0) is 52.6 Å². The van der Waals surface area contributed by atoms with Crippen LogP contribution in [0.3, 0.4) is 0 Å². The summed E-state index contributed by atoms with van der Waals surface area (Å²) in [7, 11) is 2.00. The maximum atomic E-state index is 12.1. The Morgan fingerprint density at radius 2 is 1.83 bits per heavy atom. The third-order valence-electron chi connectivity index (χ3n) is 3.76. The highest BCUT2D eigenvalue weighted by Gasteiger charge is 2.23. The average molecular weight is 250 g/mol. The summed E-state index contributed by atoms with van der Waals surface area (Å²) < 4.78 is 5.39. The lowest BCUT2D eigenvalue weighted by atomic mass is 9.91. The molecule has 0 unspecified atom stereocenters. The molecule has 4 nitrogen and oxygen atoms in total. The first kappa shape index (κ1) is 13.1. The Balaban J connectivity index is 1.90. The number of nitrogens with one attached hydrogen (secondary N) is 2. The molecule has 2 rings (SSSR count). The van der Waals surface area contributed by atoms with E-state index in [0.29, 0.717) is 23.4 Å². The van der Waals surface area contributed by atoms with E-state index in [-0.39, 0.29) is 5.91 Å². The van der Waals surface area contributed by atoms with E-state index in [9.17, 15) is 4.79 Å². The predicted octanol–water partition coefficient (Wildman–Crippen LogP) is 2.16. The second-order valence-corrected chi connectivity index (χ2v) is 5.14. The van der Waals surface area contributed by atoms with Crippen molar-refractivity contribution in [3.8, 4) is 0 Å². The third kappa shape index (κ3) is 2.93. The molecule has 1 saturated carbocycles. The zero-order valence-electron chi connectivity index (χ0n) is 11.4. The summed E-state index contributed by atoms with van der Waals surface area (Å²) in [5.41, 5.74) is 0.670. The molecule has 4 heteroatoms. The van der Waals surface area contributed by atoms with Gasteiger partial charge in [0.15, 0.2) is 0 Å². The molecule has 0 spiro atoms. The van der Waals surface area contributed by atoms with Crippen LogP contribution in [0.2, 0.25) is 0 Å². The predicted molar refractivity (Wildman–Crippen MR) is 70.8 cm³/mol. The van der Waals surface area contributed by atoms with Crippen LogP contribution < -0.4 is 10.6 Å². The van der Waals surface area contributed by atoms with Gasteiger partial charge in [-0.1, -0.05) is 0 Å². The fraction of sp³-hybridized carbons (Fsp3) is 0.643. The molecule has 0 aliphatic heterocycles. The van der Waals surface area contributed by atoms with Crippen molar-refractivity contribution in [3.05, 3.63) is 23.2 Å². The van der Waals surface area contributed by atoms with Crippen LogP contribution >= 0.6 is 0 Å². The second kappa shape index (κ2) is 5.57. The lowest BCUT2D eigenvalue weighted by molar-refractivity contribution is 0.0923. The van der Waals surface area contributed by atoms with Gasteiger partial charge in [-0.25, -0.2) is 0 Å². The zero-order valence-corrected chi connectivity index (χ0v) is 11.4. The molecule has 0 saturated heterocycles. The van der Waals surface area contributed by atoms with Crippen LogP contribution in [0.25, 0.3) is 0 Å². The summed E-state index contributed by atoms with van der Waals surface area (Å²) in [5, 5.41) is 6.40. The van der Waals surface area contributed by atoms with E-state index in [0.717, 1.165) is 31.4 Å². The molecule has 2 N–H and O–H groups in total. The molecule has 1 fully saturated rings. The van der Waals surface area contributed by atoms with Gasteiger partial charge in [0.25, 0.3) is 5.91 Å². The van der Waals surface area contributed by atoms with Gasteiger partial charge < -0.3 is 15.1 Å². The van der Waals surface area contributed by atoms with Crippen molar-refractivity contribution >= 4 is 5.91 Å². The van der Waals surface area contributed by atoms with Crippen molar-refractivity contribution in [3.63, 3.8) is 0 Å². The van der Waals surface area contributed by atoms with Crippen molar-refractivity contribution in [1.82, 2.24) is 10.6 Å². The molecule has 0 aromatic carbocycles. The molecule has 1 aromatic rings. The molecule has 100 valence electrons. The number of amides is 1. The SMILES string of the molecule is CNC1CCC(NC(=O)c2cc(C)oc2C)CC1. The largest absolute Gasteiger partial charge is 0.466 e. The molecule has 0 radical (unpaired) electrons. The summed E-state index contributed by atoms with van der Waals surface area (Å²) in [6.07, 6.45) is 4.36. The van der Waals surface area contributed by atoms with Crippen LogP contribution in [0, 0.1) is 13.8 Å². The summed E-state index contributed by atoms with van der Waals surface area (Å²) in [5.74, 6) is 1.49. The summed E-state index contributed by atoms with van der Waals surface area (Å²) in [4.78, 5) is 12.1. The van der Waals surface area contributed by atoms with Crippen LogP contribution in [-0.4, -0.2) is 25.0 Å². The zero-order chi connectivity index (χ0) is 13.1. The molecule has 1 aliphatic rings. The molecule has 1 aromatic heterocycles. The first-order chi connectivity index (χ1) is 8.60. The summed E-state index contributed by atoms with van der Waals surface area (Å²) >= 11 is 0. The van der Waals surface area contributed by atoms with Gasteiger partial charge >= 0.3 is 0 Å². The van der Waals surface area contributed by atoms with Gasteiger partial charge in [-0.3, -0.25) is 4.79 Å². The molecule has 1 amide bonds. The lowest BCUT2D eigenvalue weighted by Gasteiger charge is -2.28. The smallest absolute Gasteiger partial charge is 0.255 e. The minimum absolute atomic E-state index is 0.00254. The van der Waals surface area contributed by atoms with Crippen LogP contribution in [-0.2, 0) is 0 Å². The molecule has 0 bridgehead atoms. The van der Waals surface area contributed by atoms with Crippen molar-refractivity contribution < 1.29 is 9.21 Å². The molecular weight excluding hydrogens is 228 g/mol. The lowest BCUT2D eigenvalue weighted by Crippen LogP contribution is -2.41. The third-order valence-corrected chi connectivity index (χ3v) is 3.76. The Hall–Kier alpha value is -1.29. The van der Waals surface area contributed by atoms with E-state index in [4.69, 9.17) is 4.42 Å². The fourth-order valence-electron chi connectivity index (χ4n) is 2.65. The van der Waals surface area contributed by atoms with Gasteiger partial charge in [-0.2, -0.15) is 0 Å². The average Bonchev–Trinajstić information content (AvgIpc) is 2.69. The van der Waals surface area contributed by atoms with Crippen LogP contribution in [0.5, 0.6) is 0 Å². The number of hydrogen-bond acceptors (Lipinski definition) is 3. The Kier molecular flexibility index (Phi) is 4.07. The first-order valence-corrected chi connectivity index (χ1v) is 6.65. The quantitative estimate of drug-likeness (QED) is 0.864. The Bertz CT molecular complexity index is 417. The number of furan rings is 1. The van der Waals surface area contributed by atoms with E-state index in [1.165, 1.54) is 0 Å². The maximum absolute atomic E-state index is 12.1. The standard InChI is InChI=1S/C14H22N2O2/c1-9-8-13(10(2)18-9)14(17)16-12-6-4-11(15-3)5-7-12/h8,11-12,15H,4-7H2,1-3H3,(H,16,17). The molecule has 1 aliphatic carbocycles. The number of aryl methyl sites for hydroxylation is 2. The molecule has 0 atom stereocenters. The van der Waals surface area contributed by atoms with E-state index < -0.39 is 0 Å². The van der Waals surface area contributed by atoms with Gasteiger partial charge in [0.2, 0.25) is 0 Å². The van der Waals surface area contributed by atoms with Crippen LogP contribution in [0.4, 0.5) is 0 Å². The Morgan fingerprint density at radius 3 is 2.33 bits per heavy atom. The minimum atomic E-state index is -0.00254. The minimum Gasteiger partial charge on any atom is -0.466 e. The molecule has 18 heavy (non-hydrogen) atoms. The van der Waals surface area contributed by atoms with Crippen LogP contribution in [0.1, 0.15) is 47.6 Å². The fourth-order valence-corrected chi connectivity index (χ4v) is 2.65. The van der Waals surface area contributed by atoms with Crippen molar-refractivity contribution in [2.45, 2.75) is 51.6 Å². The van der Waals surface area contributed by atoms with E-state index in [1.54, 1.807) is 0 Å². The van der Waals surface area contributed by atoms with E-state index in [1.807, 2.05) is 27.0 Å². The van der Waals surface area contributed by atoms with Gasteiger partial charge in [-0.15, -0.1) is 0 Å². The van der Waals surface area contributed by atoms with Crippen molar-refractivity contribution in [2.75, 3.05) is 7.05 Å². The highest BCUT2D eigenvalue weighted by Crippen LogP contribution is 2.20. The highest BCUT2D eigenvalue weighted by atomic mass is 16.3. The Labute approximate surface area is 108 Å². The first-order valence-electron chi connectivity index (χ1n) is 6.65. The number of hydrogen-bond donors (Lipinski definition) is 2. The topological polar surface area (TPSA) is 54.3 Å². The molecular formula is C14H22N2O2. The van der Waals surface area contributed by atoms with E-state index in [2.05, 4.69) is 10.6 Å². The normalized spacial score (nSPS) is 23.9. The van der Waals surface area contributed by atoms with Crippen molar-refractivity contribution in [2.24, 2.45) is 0 Å². The number of rotatable bonds is 3. The summed E-state index contributed by atoms with van der Waals surface area (Å²) in [6, 6.07) is 2.72. The Morgan fingerprint density at radius 1 is 1.22 bits per heavy atom. The highest BCUT2D eigenvalue weighted by molar-refractivity contribution is 5.95. The number of carbonyl (C=O) groups is 1. The van der Waals surface area contributed by atoms with Gasteiger partial charge in [0.05, 0.1) is 5.56 Å². The van der Waals surface area contributed by atoms with Gasteiger partial charge in [0.1, 0.15) is 11.5 Å². The van der Waals surface area contributed by atoms with E-state index >= 15 is 0 Å². The number of carbonyl (C=O) groups excluding carboxylic acids is 1. The molecule has 1 heterocycles. The van der Waals surface area contributed by atoms with Crippen LogP contribution in [0.15, 0.2) is 10.5 Å². The van der Waals surface area contributed by atoms with Gasteiger partial charge in [0, 0.05) is 12.1 Å². The maximum Gasteiger partial charge on any atom is 0.255 e. The van der Waals surface area contributed by atoms with Crippen molar-refractivity contribution in [1.29, 1.82) is 0 Å². The monoisotopic (exact) mass is 250 g/mol. The second-order valence-electron chi connectivity index (χ2n) is 5.14.